The molecule has 2 aliphatic rings. The third-order valence-corrected chi connectivity index (χ3v) is 4.17. The van der Waals surface area contributed by atoms with Crippen LogP contribution in [0.2, 0.25) is 0 Å². The molecule has 1 N–H and O–H groups in total. The first-order valence-corrected chi connectivity index (χ1v) is 7.54. The fourth-order valence-electron chi connectivity index (χ4n) is 2.98. The summed E-state index contributed by atoms with van der Waals surface area (Å²) in [5.74, 6) is 0.214. The first kappa shape index (κ1) is 14.5. The lowest BCUT2D eigenvalue weighted by Gasteiger charge is -2.29. The number of rotatable bonds is 5. The molecule has 1 saturated heterocycles. The smallest absolute Gasteiger partial charge is 0.240 e. The van der Waals surface area contributed by atoms with Crippen LogP contribution in [0, 0.1) is 0 Å². The number of carbonyl (C=O) groups excluding carboxylic acids is 1. The van der Waals surface area contributed by atoms with Gasteiger partial charge in [-0.05, 0) is 45.7 Å². The van der Waals surface area contributed by atoms with E-state index in [4.69, 9.17) is 0 Å². The average Bonchev–Trinajstić information content (AvgIpc) is 2.92. The van der Waals surface area contributed by atoms with E-state index < -0.39 is 0 Å². The number of amides is 1. The number of nitrogens with one attached hydrogen (secondary N) is 1. The molecule has 108 valence electrons. The summed E-state index contributed by atoms with van der Waals surface area (Å²) in [5, 5.41) is 3.53. The van der Waals surface area contributed by atoms with Crippen LogP contribution in [0.4, 0.5) is 0 Å². The number of likely N-dealkylation sites (N-methyl/N-ethyl adjacent to an activating group) is 2. The van der Waals surface area contributed by atoms with Gasteiger partial charge >= 0.3 is 0 Å². The molecule has 1 aliphatic carbocycles. The first-order chi connectivity index (χ1) is 9.16. The molecule has 0 aromatic heterocycles. The Morgan fingerprint density at radius 1 is 1.37 bits per heavy atom. The molecule has 19 heavy (non-hydrogen) atoms. The Hall–Kier alpha value is -0.870. The molecule has 0 radical (unpaired) electrons. The van der Waals surface area contributed by atoms with Gasteiger partial charge in [-0.2, -0.15) is 0 Å². The highest BCUT2D eigenvalue weighted by Crippen LogP contribution is 2.20. The predicted octanol–water partition coefficient (Wildman–Crippen LogP) is 1.59. The third kappa shape index (κ3) is 4.32. The fourth-order valence-corrected chi connectivity index (χ4v) is 2.98. The standard InChI is InChI=1S/C15H27N3O/c1-17(11-13-7-5-6-10-16-13)12-15(19)18(2)14-8-3-4-9-14/h8,13,16H,3-7,9-12H2,1-2H3. The molecule has 1 aliphatic heterocycles. The predicted molar refractivity (Wildman–Crippen MR) is 77.8 cm³/mol. The summed E-state index contributed by atoms with van der Waals surface area (Å²) >= 11 is 0. The van der Waals surface area contributed by atoms with E-state index in [0.29, 0.717) is 12.6 Å². The Morgan fingerprint density at radius 2 is 2.21 bits per heavy atom. The molecule has 2 rings (SSSR count). The number of piperidine rings is 1. The maximum atomic E-state index is 12.2. The van der Waals surface area contributed by atoms with Crippen molar-refractivity contribution in [1.29, 1.82) is 0 Å². The topological polar surface area (TPSA) is 35.6 Å². The van der Waals surface area contributed by atoms with E-state index in [2.05, 4.69) is 16.3 Å². The summed E-state index contributed by atoms with van der Waals surface area (Å²) in [6.07, 6.45) is 9.39. The minimum absolute atomic E-state index is 0.214. The second-order valence-corrected chi connectivity index (χ2v) is 5.88. The highest BCUT2D eigenvalue weighted by atomic mass is 16.2. The highest BCUT2D eigenvalue weighted by molar-refractivity contribution is 5.79. The summed E-state index contributed by atoms with van der Waals surface area (Å²) in [4.78, 5) is 16.2. The lowest BCUT2D eigenvalue weighted by atomic mass is 10.0. The zero-order chi connectivity index (χ0) is 13.7. The molecule has 1 unspecified atom stereocenters. The highest BCUT2D eigenvalue weighted by Gasteiger charge is 2.20. The SMILES string of the molecule is CN(CC(=O)N(C)C1=CCCC1)CC1CCCCN1. The fraction of sp³-hybridized carbons (Fsp3) is 0.800. The Kier molecular flexibility index (Phi) is 5.40. The summed E-state index contributed by atoms with van der Waals surface area (Å²) < 4.78 is 0. The first-order valence-electron chi connectivity index (χ1n) is 7.54. The van der Waals surface area contributed by atoms with Crippen LogP contribution in [0.1, 0.15) is 38.5 Å². The van der Waals surface area contributed by atoms with Gasteiger partial charge in [0, 0.05) is 25.3 Å². The van der Waals surface area contributed by atoms with Gasteiger partial charge in [0.25, 0.3) is 0 Å². The van der Waals surface area contributed by atoms with Crippen molar-refractivity contribution in [1.82, 2.24) is 15.1 Å². The molecule has 0 bridgehead atoms. The number of hydrogen-bond donors (Lipinski definition) is 1. The van der Waals surface area contributed by atoms with Crippen LogP contribution in [-0.4, -0.2) is 55.5 Å². The number of allylic oxidation sites excluding steroid dienone is 2. The van der Waals surface area contributed by atoms with Gasteiger partial charge in [0.1, 0.15) is 0 Å². The number of nitrogens with zero attached hydrogens (tertiary/aromatic N) is 2. The molecule has 4 nitrogen and oxygen atoms in total. The maximum absolute atomic E-state index is 12.2. The number of carbonyl (C=O) groups is 1. The van der Waals surface area contributed by atoms with Gasteiger partial charge in [0.15, 0.2) is 0 Å². The van der Waals surface area contributed by atoms with E-state index in [0.717, 1.165) is 25.9 Å². The van der Waals surface area contributed by atoms with Crippen LogP contribution in [0.5, 0.6) is 0 Å². The second-order valence-electron chi connectivity index (χ2n) is 5.88. The monoisotopic (exact) mass is 265 g/mol. The van der Waals surface area contributed by atoms with Gasteiger partial charge in [-0.3, -0.25) is 9.69 Å². The van der Waals surface area contributed by atoms with Crippen molar-refractivity contribution in [3.8, 4) is 0 Å². The summed E-state index contributed by atoms with van der Waals surface area (Å²) in [7, 11) is 3.96. The van der Waals surface area contributed by atoms with Crippen molar-refractivity contribution in [3.63, 3.8) is 0 Å². The van der Waals surface area contributed by atoms with Crippen LogP contribution in [0.3, 0.4) is 0 Å². The van der Waals surface area contributed by atoms with E-state index in [1.165, 1.54) is 31.4 Å². The normalized spacial score (nSPS) is 23.5. The van der Waals surface area contributed by atoms with Crippen LogP contribution in [0.15, 0.2) is 11.8 Å². The van der Waals surface area contributed by atoms with Gasteiger partial charge in [-0.25, -0.2) is 0 Å². The minimum atomic E-state index is 0.214. The van der Waals surface area contributed by atoms with Crippen LogP contribution >= 0.6 is 0 Å². The molecule has 1 heterocycles. The van der Waals surface area contributed by atoms with Crippen molar-refractivity contribution in [2.45, 2.75) is 44.6 Å². The lowest BCUT2D eigenvalue weighted by Crippen LogP contribution is -2.45. The summed E-state index contributed by atoms with van der Waals surface area (Å²) in [6.45, 7) is 2.61. The third-order valence-electron chi connectivity index (χ3n) is 4.17. The van der Waals surface area contributed by atoms with Crippen LogP contribution < -0.4 is 5.32 Å². The van der Waals surface area contributed by atoms with E-state index in [1.54, 1.807) is 0 Å². The van der Waals surface area contributed by atoms with E-state index in [1.807, 2.05) is 19.0 Å². The van der Waals surface area contributed by atoms with Gasteiger partial charge in [0.05, 0.1) is 6.54 Å². The minimum Gasteiger partial charge on any atom is -0.318 e. The summed E-state index contributed by atoms with van der Waals surface area (Å²) in [6, 6.07) is 0.558. The van der Waals surface area contributed by atoms with E-state index >= 15 is 0 Å². The number of hydrogen-bond acceptors (Lipinski definition) is 3. The molecule has 4 heteroatoms. The second kappa shape index (κ2) is 7.06. The molecule has 0 spiro atoms. The van der Waals surface area contributed by atoms with Gasteiger partial charge in [-0.1, -0.05) is 12.5 Å². The largest absolute Gasteiger partial charge is 0.318 e. The zero-order valence-electron chi connectivity index (χ0n) is 12.3. The molecular weight excluding hydrogens is 238 g/mol. The Bertz CT molecular complexity index is 334. The Labute approximate surface area is 116 Å². The van der Waals surface area contributed by atoms with Gasteiger partial charge in [0.2, 0.25) is 5.91 Å². The molecular formula is C15H27N3O. The quantitative estimate of drug-likeness (QED) is 0.820. The average molecular weight is 265 g/mol. The Balaban J connectivity index is 1.74. The van der Waals surface area contributed by atoms with Crippen molar-refractivity contribution in [2.24, 2.45) is 0 Å². The van der Waals surface area contributed by atoms with Crippen LogP contribution in [-0.2, 0) is 4.79 Å². The molecule has 1 atom stereocenters. The lowest BCUT2D eigenvalue weighted by molar-refractivity contribution is -0.129. The molecule has 0 aromatic rings. The van der Waals surface area contributed by atoms with Crippen molar-refractivity contribution >= 4 is 5.91 Å². The zero-order valence-corrected chi connectivity index (χ0v) is 12.3. The van der Waals surface area contributed by atoms with Crippen molar-refractivity contribution < 1.29 is 4.79 Å². The van der Waals surface area contributed by atoms with E-state index in [-0.39, 0.29) is 5.91 Å². The molecule has 0 saturated carbocycles. The Morgan fingerprint density at radius 3 is 2.84 bits per heavy atom. The summed E-state index contributed by atoms with van der Waals surface area (Å²) in [5.41, 5.74) is 1.20. The van der Waals surface area contributed by atoms with Crippen molar-refractivity contribution in [2.75, 3.05) is 33.7 Å². The van der Waals surface area contributed by atoms with E-state index in [9.17, 15) is 4.79 Å². The van der Waals surface area contributed by atoms with Gasteiger partial charge < -0.3 is 10.2 Å². The molecule has 1 fully saturated rings. The maximum Gasteiger partial charge on any atom is 0.240 e. The molecule has 0 aromatic carbocycles. The molecule has 1 amide bonds. The van der Waals surface area contributed by atoms with Crippen LogP contribution in [0.25, 0.3) is 0 Å². The van der Waals surface area contributed by atoms with Gasteiger partial charge in [-0.15, -0.1) is 0 Å². The van der Waals surface area contributed by atoms with Crippen molar-refractivity contribution in [3.05, 3.63) is 11.8 Å².